The molecule has 0 spiro atoms. The summed E-state index contributed by atoms with van der Waals surface area (Å²) in [6.07, 6.45) is 8.32. The van der Waals surface area contributed by atoms with Crippen molar-refractivity contribution in [3.05, 3.63) is 77.5 Å². The van der Waals surface area contributed by atoms with E-state index in [0.29, 0.717) is 0 Å². The van der Waals surface area contributed by atoms with Crippen LogP contribution in [0.3, 0.4) is 0 Å². The van der Waals surface area contributed by atoms with Gasteiger partial charge in [0.2, 0.25) is 0 Å². The number of likely N-dealkylation sites (tertiary alicyclic amines) is 1. The monoisotopic (exact) mass is 328 g/mol. The zero-order valence-electron chi connectivity index (χ0n) is 14.6. The molecule has 2 aromatic carbocycles. The summed E-state index contributed by atoms with van der Waals surface area (Å²) in [7, 11) is 0. The van der Waals surface area contributed by atoms with E-state index in [-0.39, 0.29) is 0 Å². The number of piperidine rings is 1. The van der Waals surface area contributed by atoms with Crippen molar-refractivity contribution >= 4 is 23.1 Å². The summed E-state index contributed by atoms with van der Waals surface area (Å²) in [5.74, 6) is 0. The second kappa shape index (κ2) is 7.62. The van der Waals surface area contributed by atoms with Gasteiger partial charge in [-0.1, -0.05) is 61.0 Å². The first kappa shape index (κ1) is 16.0. The average Bonchev–Trinajstić information content (AvgIpc) is 2.68. The molecule has 25 heavy (non-hydrogen) atoms. The number of fused-ring (bicyclic) bond motifs is 1. The summed E-state index contributed by atoms with van der Waals surface area (Å²) in [4.78, 5) is 7.25. The van der Waals surface area contributed by atoms with Crippen molar-refractivity contribution in [3.63, 3.8) is 0 Å². The molecule has 126 valence electrons. The first-order valence-corrected chi connectivity index (χ1v) is 9.22. The lowest BCUT2D eigenvalue weighted by Crippen LogP contribution is -2.28. The molecule has 0 atom stereocenters. The topological polar surface area (TPSA) is 16.1 Å². The van der Waals surface area contributed by atoms with Crippen LogP contribution in [0, 0.1) is 0 Å². The minimum Gasteiger partial charge on any atom is -0.299 e. The van der Waals surface area contributed by atoms with Crippen LogP contribution in [-0.2, 0) is 6.54 Å². The van der Waals surface area contributed by atoms with Gasteiger partial charge in [0, 0.05) is 11.9 Å². The maximum absolute atomic E-state index is 4.69. The highest BCUT2D eigenvalue weighted by molar-refractivity contribution is 5.80. The van der Waals surface area contributed by atoms with Gasteiger partial charge in [-0.15, -0.1) is 0 Å². The molecule has 0 amide bonds. The first-order valence-electron chi connectivity index (χ1n) is 9.22. The first-order chi connectivity index (χ1) is 12.4. The van der Waals surface area contributed by atoms with E-state index >= 15 is 0 Å². The number of nitrogens with zero attached hydrogens (tertiary/aromatic N) is 2. The number of benzene rings is 2. The van der Waals surface area contributed by atoms with Crippen LogP contribution in [0.4, 0.5) is 0 Å². The third kappa shape index (κ3) is 4.15. The van der Waals surface area contributed by atoms with Gasteiger partial charge in [-0.2, -0.15) is 0 Å². The molecule has 0 bridgehead atoms. The van der Waals surface area contributed by atoms with Gasteiger partial charge in [0.25, 0.3) is 0 Å². The van der Waals surface area contributed by atoms with E-state index in [4.69, 9.17) is 4.98 Å². The number of pyridine rings is 1. The Morgan fingerprint density at radius 2 is 1.60 bits per heavy atom. The van der Waals surface area contributed by atoms with Crippen LogP contribution in [0.2, 0.25) is 0 Å². The second-order valence-corrected chi connectivity index (χ2v) is 6.84. The molecule has 1 aliphatic rings. The number of para-hydroxylation sites is 1. The van der Waals surface area contributed by atoms with Gasteiger partial charge in [0.05, 0.1) is 11.2 Å². The predicted octanol–water partition coefficient (Wildman–Crippen LogP) is 5.39. The Balaban J connectivity index is 1.43. The SMILES string of the molecule is C(=Cc1ccc2ccccc2n1)c1ccc(CN2CCCCC2)cc1. The Bertz CT molecular complexity index is 859. The lowest BCUT2D eigenvalue weighted by atomic mass is 10.1. The van der Waals surface area contributed by atoms with Crippen LogP contribution in [0.1, 0.15) is 36.1 Å². The van der Waals surface area contributed by atoms with Crippen LogP contribution in [0.5, 0.6) is 0 Å². The van der Waals surface area contributed by atoms with E-state index in [2.05, 4.69) is 65.6 Å². The molecule has 4 rings (SSSR count). The zero-order valence-corrected chi connectivity index (χ0v) is 14.6. The number of hydrogen-bond acceptors (Lipinski definition) is 2. The summed E-state index contributed by atoms with van der Waals surface area (Å²) in [6.45, 7) is 3.57. The number of rotatable bonds is 4. The van der Waals surface area contributed by atoms with Gasteiger partial charge in [-0.05, 0) is 55.3 Å². The average molecular weight is 328 g/mol. The molecule has 1 fully saturated rings. The molecule has 3 aromatic rings. The Kier molecular flexibility index (Phi) is 4.89. The van der Waals surface area contributed by atoms with Crippen molar-refractivity contribution in [2.24, 2.45) is 0 Å². The summed E-state index contributed by atoms with van der Waals surface area (Å²) in [5, 5.41) is 1.18. The van der Waals surface area contributed by atoms with Crippen molar-refractivity contribution in [1.82, 2.24) is 9.88 Å². The van der Waals surface area contributed by atoms with E-state index in [9.17, 15) is 0 Å². The lowest BCUT2D eigenvalue weighted by Gasteiger charge is -2.26. The predicted molar refractivity (Wildman–Crippen MR) is 106 cm³/mol. The molecule has 2 nitrogen and oxygen atoms in total. The third-order valence-electron chi connectivity index (χ3n) is 4.90. The van der Waals surface area contributed by atoms with Crippen molar-refractivity contribution in [2.45, 2.75) is 25.8 Å². The maximum Gasteiger partial charge on any atom is 0.0709 e. The number of hydrogen-bond donors (Lipinski definition) is 0. The Labute approximate surface area is 149 Å². The van der Waals surface area contributed by atoms with Crippen molar-refractivity contribution < 1.29 is 0 Å². The Morgan fingerprint density at radius 3 is 2.44 bits per heavy atom. The fourth-order valence-electron chi connectivity index (χ4n) is 3.47. The van der Waals surface area contributed by atoms with Crippen molar-refractivity contribution in [3.8, 4) is 0 Å². The van der Waals surface area contributed by atoms with Crippen LogP contribution >= 0.6 is 0 Å². The summed E-state index contributed by atoms with van der Waals surface area (Å²) >= 11 is 0. The molecule has 0 radical (unpaired) electrons. The van der Waals surface area contributed by atoms with Gasteiger partial charge < -0.3 is 0 Å². The molecule has 0 aliphatic carbocycles. The molecule has 0 N–H and O–H groups in total. The maximum atomic E-state index is 4.69. The minimum absolute atomic E-state index is 0.996. The largest absolute Gasteiger partial charge is 0.299 e. The molecule has 1 saturated heterocycles. The quantitative estimate of drug-likeness (QED) is 0.638. The van der Waals surface area contributed by atoms with Crippen LogP contribution in [0.25, 0.3) is 23.1 Å². The molecule has 1 aromatic heterocycles. The Hall–Kier alpha value is -2.45. The van der Waals surface area contributed by atoms with Crippen LogP contribution in [-0.4, -0.2) is 23.0 Å². The van der Waals surface area contributed by atoms with Gasteiger partial charge in [0.15, 0.2) is 0 Å². The van der Waals surface area contributed by atoms with E-state index in [0.717, 1.165) is 17.8 Å². The summed E-state index contributed by atoms with van der Waals surface area (Å²) in [6, 6.07) is 21.3. The molecule has 1 aliphatic heterocycles. The third-order valence-corrected chi connectivity index (χ3v) is 4.90. The fourth-order valence-corrected chi connectivity index (χ4v) is 3.47. The highest BCUT2D eigenvalue weighted by Crippen LogP contribution is 2.16. The number of aromatic nitrogens is 1. The summed E-state index contributed by atoms with van der Waals surface area (Å²) < 4.78 is 0. The highest BCUT2D eigenvalue weighted by Gasteiger charge is 2.09. The van der Waals surface area contributed by atoms with E-state index in [1.54, 1.807) is 0 Å². The second-order valence-electron chi connectivity index (χ2n) is 6.84. The normalized spacial score (nSPS) is 15.8. The summed E-state index contributed by atoms with van der Waals surface area (Å²) in [5.41, 5.74) is 4.66. The van der Waals surface area contributed by atoms with E-state index < -0.39 is 0 Å². The van der Waals surface area contributed by atoms with Gasteiger partial charge in [-0.25, -0.2) is 4.98 Å². The van der Waals surface area contributed by atoms with E-state index in [1.807, 2.05) is 12.1 Å². The molecule has 0 saturated carbocycles. The van der Waals surface area contributed by atoms with Crippen LogP contribution in [0.15, 0.2) is 60.7 Å². The van der Waals surface area contributed by atoms with Crippen molar-refractivity contribution in [2.75, 3.05) is 13.1 Å². The van der Waals surface area contributed by atoms with E-state index in [1.165, 1.54) is 48.9 Å². The standard InChI is InChI=1S/C23H24N2/c1-4-16-25(17-5-1)18-20-10-8-19(9-11-20)12-14-22-15-13-21-6-2-3-7-23(21)24-22/h2-3,6-15H,1,4-5,16-18H2. The van der Waals surface area contributed by atoms with Gasteiger partial charge >= 0.3 is 0 Å². The lowest BCUT2D eigenvalue weighted by molar-refractivity contribution is 0.221. The Morgan fingerprint density at radius 1 is 0.800 bits per heavy atom. The minimum atomic E-state index is 0.996. The van der Waals surface area contributed by atoms with Crippen molar-refractivity contribution in [1.29, 1.82) is 0 Å². The smallest absolute Gasteiger partial charge is 0.0709 e. The molecule has 2 heterocycles. The molecule has 0 unspecified atom stereocenters. The molecular weight excluding hydrogens is 304 g/mol. The van der Waals surface area contributed by atoms with Crippen LogP contribution < -0.4 is 0 Å². The highest BCUT2D eigenvalue weighted by atomic mass is 15.1. The molecule has 2 heteroatoms. The fraction of sp³-hybridized carbons (Fsp3) is 0.261. The zero-order chi connectivity index (χ0) is 16.9. The molecular formula is C23H24N2. The van der Waals surface area contributed by atoms with Gasteiger partial charge in [-0.3, -0.25) is 4.90 Å². The van der Waals surface area contributed by atoms with Gasteiger partial charge in [0.1, 0.15) is 0 Å².